The number of nitrogens with zero attached hydrogens (tertiary/aromatic N) is 1. The van der Waals surface area contributed by atoms with Crippen LogP contribution in [0.5, 0.6) is 0 Å². The molecule has 1 aliphatic carbocycles. The molecule has 1 heterocycles. The van der Waals surface area contributed by atoms with Crippen molar-refractivity contribution in [2.24, 2.45) is 0 Å². The van der Waals surface area contributed by atoms with Crippen LogP contribution in [0, 0.1) is 0 Å². The Bertz CT molecular complexity index is 241. The van der Waals surface area contributed by atoms with Crippen molar-refractivity contribution in [1.82, 2.24) is 15.5 Å². The first-order chi connectivity index (χ1) is 6.38. The smallest absolute Gasteiger partial charge is 0.0601 e. The Morgan fingerprint density at radius 2 is 2.54 bits per heavy atom. The van der Waals surface area contributed by atoms with Gasteiger partial charge in [0.2, 0.25) is 0 Å². The van der Waals surface area contributed by atoms with E-state index in [2.05, 4.69) is 15.5 Å². The third-order valence-electron chi connectivity index (χ3n) is 2.57. The molecular formula is C9H15N3O. The van der Waals surface area contributed by atoms with Crippen molar-refractivity contribution < 1.29 is 4.74 Å². The Morgan fingerprint density at radius 3 is 3.15 bits per heavy atom. The maximum Gasteiger partial charge on any atom is 0.0601 e. The Hall–Kier alpha value is -0.870. The largest absolute Gasteiger partial charge is 0.381 e. The topological polar surface area (TPSA) is 49.9 Å². The molecule has 13 heavy (non-hydrogen) atoms. The van der Waals surface area contributed by atoms with E-state index in [0.717, 1.165) is 25.1 Å². The maximum atomic E-state index is 5.19. The van der Waals surface area contributed by atoms with E-state index in [9.17, 15) is 0 Å². The highest BCUT2D eigenvalue weighted by atomic mass is 16.5. The van der Waals surface area contributed by atoms with Crippen molar-refractivity contribution in [2.45, 2.75) is 31.5 Å². The molecule has 4 nitrogen and oxygen atoms in total. The average molecular weight is 181 g/mol. The van der Waals surface area contributed by atoms with Gasteiger partial charge in [-0.15, -0.1) is 0 Å². The lowest BCUT2D eigenvalue weighted by atomic mass is 9.89. The van der Waals surface area contributed by atoms with Crippen LogP contribution in [0.1, 0.15) is 18.5 Å². The number of rotatable bonds is 4. The zero-order valence-corrected chi connectivity index (χ0v) is 7.79. The van der Waals surface area contributed by atoms with Gasteiger partial charge in [-0.05, 0) is 18.9 Å². The minimum atomic E-state index is 0.472. The normalized spacial score (nSPS) is 27.2. The summed E-state index contributed by atoms with van der Waals surface area (Å²) in [6, 6.07) is 2.60. The van der Waals surface area contributed by atoms with Gasteiger partial charge in [-0.1, -0.05) is 0 Å². The molecule has 0 unspecified atom stereocenters. The summed E-state index contributed by atoms with van der Waals surface area (Å²) in [5.74, 6) is 0. The van der Waals surface area contributed by atoms with Crippen LogP contribution in [-0.2, 0) is 11.3 Å². The maximum absolute atomic E-state index is 5.19. The minimum absolute atomic E-state index is 0.472. The van der Waals surface area contributed by atoms with Gasteiger partial charge < -0.3 is 10.1 Å². The van der Waals surface area contributed by atoms with Gasteiger partial charge in [0.25, 0.3) is 0 Å². The van der Waals surface area contributed by atoms with Crippen LogP contribution in [0.4, 0.5) is 0 Å². The molecular weight excluding hydrogens is 166 g/mol. The molecule has 0 atom stereocenters. The lowest BCUT2D eigenvalue weighted by Crippen LogP contribution is -2.44. The summed E-state index contributed by atoms with van der Waals surface area (Å²) < 4.78 is 5.19. The zero-order valence-electron chi connectivity index (χ0n) is 7.79. The number of nitrogens with one attached hydrogen (secondary N) is 2. The van der Waals surface area contributed by atoms with Crippen LogP contribution >= 0.6 is 0 Å². The van der Waals surface area contributed by atoms with Crippen LogP contribution in [-0.4, -0.2) is 29.5 Å². The molecule has 0 radical (unpaired) electrons. The number of hydrogen-bond acceptors (Lipinski definition) is 3. The van der Waals surface area contributed by atoms with Crippen LogP contribution in [0.25, 0.3) is 0 Å². The second-order valence-corrected chi connectivity index (χ2v) is 3.49. The Balaban J connectivity index is 1.65. The first-order valence-corrected chi connectivity index (χ1v) is 4.63. The Kier molecular flexibility index (Phi) is 2.61. The van der Waals surface area contributed by atoms with Gasteiger partial charge in [-0.3, -0.25) is 5.10 Å². The molecule has 1 aromatic heterocycles. The van der Waals surface area contributed by atoms with Gasteiger partial charge in [0.15, 0.2) is 0 Å². The van der Waals surface area contributed by atoms with Gasteiger partial charge in [0.1, 0.15) is 0 Å². The van der Waals surface area contributed by atoms with Crippen LogP contribution in [0.3, 0.4) is 0 Å². The molecule has 1 fully saturated rings. The van der Waals surface area contributed by atoms with Crippen LogP contribution < -0.4 is 5.32 Å². The summed E-state index contributed by atoms with van der Waals surface area (Å²) in [6.45, 7) is 0.876. The quantitative estimate of drug-likeness (QED) is 0.718. The van der Waals surface area contributed by atoms with Gasteiger partial charge in [0.05, 0.1) is 6.10 Å². The number of aromatic nitrogens is 2. The van der Waals surface area contributed by atoms with E-state index < -0.39 is 0 Å². The minimum Gasteiger partial charge on any atom is -0.381 e. The summed E-state index contributed by atoms with van der Waals surface area (Å²) in [5.41, 5.74) is 1.14. The van der Waals surface area contributed by atoms with E-state index >= 15 is 0 Å². The fourth-order valence-electron chi connectivity index (χ4n) is 1.56. The highest BCUT2D eigenvalue weighted by molar-refractivity contribution is 4.98. The molecule has 4 heteroatoms. The third-order valence-corrected chi connectivity index (χ3v) is 2.57. The first-order valence-electron chi connectivity index (χ1n) is 4.63. The monoisotopic (exact) mass is 181 g/mol. The van der Waals surface area contributed by atoms with Gasteiger partial charge in [0, 0.05) is 31.6 Å². The Morgan fingerprint density at radius 1 is 1.69 bits per heavy atom. The SMILES string of the molecule is COC1CC(NCc2ccn[nH]2)C1. The van der Waals surface area contributed by atoms with Crippen LogP contribution in [0.15, 0.2) is 12.3 Å². The lowest BCUT2D eigenvalue weighted by Gasteiger charge is -2.34. The van der Waals surface area contributed by atoms with Crippen LogP contribution in [0.2, 0.25) is 0 Å². The lowest BCUT2D eigenvalue weighted by molar-refractivity contribution is 0.0169. The van der Waals surface area contributed by atoms with E-state index in [0.29, 0.717) is 12.1 Å². The molecule has 1 saturated carbocycles. The molecule has 0 aliphatic heterocycles. The fraction of sp³-hybridized carbons (Fsp3) is 0.667. The highest BCUT2D eigenvalue weighted by Crippen LogP contribution is 2.22. The third kappa shape index (κ3) is 2.08. The zero-order chi connectivity index (χ0) is 9.10. The van der Waals surface area contributed by atoms with E-state index in [-0.39, 0.29) is 0 Å². The molecule has 2 rings (SSSR count). The molecule has 0 bridgehead atoms. The highest BCUT2D eigenvalue weighted by Gasteiger charge is 2.28. The van der Waals surface area contributed by atoms with Crippen molar-refractivity contribution in [1.29, 1.82) is 0 Å². The summed E-state index contributed by atoms with van der Waals surface area (Å²) in [6.07, 6.45) is 4.50. The van der Waals surface area contributed by atoms with E-state index in [1.165, 1.54) is 0 Å². The predicted molar refractivity (Wildman–Crippen MR) is 49.2 cm³/mol. The second-order valence-electron chi connectivity index (χ2n) is 3.49. The van der Waals surface area contributed by atoms with Crippen molar-refractivity contribution in [2.75, 3.05) is 7.11 Å². The van der Waals surface area contributed by atoms with E-state index in [1.54, 1.807) is 13.3 Å². The van der Waals surface area contributed by atoms with Crippen molar-refractivity contribution in [3.8, 4) is 0 Å². The number of aromatic amines is 1. The van der Waals surface area contributed by atoms with Crippen molar-refractivity contribution in [3.63, 3.8) is 0 Å². The summed E-state index contributed by atoms with van der Waals surface area (Å²) in [5, 5.41) is 10.2. The van der Waals surface area contributed by atoms with Gasteiger partial charge >= 0.3 is 0 Å². The Labute approximate surface area is 77.7 Å². The number of H-pyrrole nitrogens is 1. The van der Waals surface area contributed by atoms with Crippen molar-refractivity contribution in [3.05, 3.63) is 18.0 Å². The second kappa shape index (κ2) is 3.89. The average Bonchev–Trinajstić information content (AvgIpc) is 2.54. The molecule has 0 aromatic carbocycles. The van der Waals surface area contributed by atoms with E-state index in [4.69, 9.17) is 4.74 Å². The molecule has 0 saturated heterocycles. The summed E-state index contributed by atoms with van der Waals surface area (Å²) in [7, 11) is 1.77. The molecule has 72 valence electrons. The summed E-state index contributed by atoms with van der Waals surface area (Å²) >= 11 is 0. The van der Waals surface area contributed by atoms with Gasteiger partial charge in [-0.2, -0.15) is 5.10 Å². The van der Waals surface area contributed by atoms with Gasteiger partial charge in [-0.25, -0.2) is 0 Å². The first kappa shape index (κ1) is 8.72. The number of methoxy groups -OCH3 is 1. The van der Waals surface area contributed by atoms with Crippen molar-refractivity contribution >= 4 is 0 Å². The molecule has 0 spiro atoms. The fourth-order valence-corrected chi connectivity index (χ4v) is 1.56. The molecule has 0 amide bonds. The molecule has 1 aliphatic rings. The van der Waals surface area contributed by atoms with E-state index in [1.807, 2.05) is 6.07 Å². The summed E-state index contributed by atoms with van der Waals surface area (Å²) in [4.78, 5) is 0. The predicted octanol–water partition coefficient (Wildman–Crippen LogP) is 0.677. The number of ether oxygens (including phenoxy) is 1. The standard InChI is InChI=1S/C9H15N3O/c1-13-9-4-8(5-9)10-6-7-2-3-11-12-7/h2-3,8-10H,4-6H2,1H3,(H,11,12). The molecule has 1 aromatic rings. The molecule has 2 N–H and O–H groups in total. The number of hydrogen-bond donors (Lipinski definition) is 2.